The molecule has 106 valence electrons. The van der Waals surface area contributed by atoms with E-state index in [1.165, 1.54) is 0 Å². The summed E-state index contributed by atoms with van der Waals surface area (Å²) >= 11 is 1.57. The number of hydrogen-bond acceptors (Lipinski definition) is 4. The third-order valence-corrected chi connectivity index (χ3v) is 3.83. The monoisotopic (exact) mass is 289 g/mol. The molecule has 4 nitrogen and oxygen atoms in total. The van der Waals surface area contributed by atoms with Crippen LogP contribution in [0.4, 0.5) is 0 Å². The molecule has 0 spiro atoms. The van der Waals surface area contributed by atoms with Crippen molar-refractivity contribution in [3.63, 3.8) is 0 Å². The molecule has 1 aromatic heterocycles. The maximum Gasteiger partial charge on any atom is 0.225 e. The summed E-state index contributed by atoms with van der Waals surface area (Å²) in [4.78, 5) is 11.7. The number of amides is 1. The van der Waals surface area contributed by atoms with Crippen molar-refractivity contribution in [2.75, 3.05) is 6.54 Å². The molecule has 0 saturated carbocycles. The lowest BCUT2D eigenvalue weighted by molar-refractivity contribution is -0.128. The largest absolute Gasteiger partial charge is 0.355 e. The van der Waals surface area contributed by atoms with Crippen LogP contribution in [0.5, 0.6) is 0 Å². The van der Waals surface area contributed by atoms with Crippen molar-refractivity contribution in [3.8, 4) is 10.6 Å². The zero-order valence-corrected chi connectivity index (χ0v) is 12.8. The number of nitrogens with one attached hydrogen (secondary N) is 1. The molecule has 2 rings (SSSR count). The van der Waals surface area contributed by atoms with E-state index in [1.807, 2.05) is 51.1 Å². The van der Waals surface area contributed by atoms with Crippen LogP contribution < -0.4 is 5.32 Å². The Morgan fingerprint density at radius 1 is 1.20 bits per heavy atom. The van der Waals surface area contributed by atoms with E-state index in [2.05, 4.69) is 15.5 Å². The predicted molar refractivity (Wildman–Crippen MR) is 81.5 cm³/mol. The summed E-state index contributed by atoms with van der Waals surface area (Å²) < 4.78 is 0. The lowest BCUT2D eigenvalue weighted by atomic mass is 9.96. The van der Waals surface area contributed by atoms with Crippen molar-refractivity contribution in [2.24, 2.45) is 5.41 Å². The van der Waals surface area contributed by atoms with Crippen LogP contribution in [0.3, 0.4) is 0 Å². The van der Waals surface area contributed by atoms with Gasteiger partial charge >= 0.3 is 0 Å². The molecule has 0 aliphatic heterocycles. The van der Waals surface area contributed by atoms with Crippen molar-refractivity contribution in [1.82, 2.24) is 15.5 Å². The van der Waals surface area contributed by atoms with Crippen LogP contribution in [-0.2, 0) is 11.2 Å². The van der Waals surface area contributed by atoms with Crippen LogP contribution in [0.2, 0.25) is 0 Å². The van der Waals surface area contributed by atoms with Crippen LogP contribution in [-0.4, -0.2) is 22.6 Å². The number of nitrogens with zero attached hydrogens (tertiary/aromatic N) is 2. The molecule has 0 unspecified atom stereocenters. The Bertz CT molecular complexity index is 572. The van der Waals surface area contributed by atoms with Gasteiger partial charge in [-0.25, -0.2) is 0 Å². The van der Waals surface area contributed by atoms with Crippen molar-refractivity contribution in [2.45, 2.75) is 27.2 Å². The van der Waals surface area contributed by atoms with Gasteiger partial charge < -0.3 is 5.32 Å². The van der Waals surface area contributed by atoms with Gasteiger partial charge in [0.2, 0.25) is 5.91 Å². The van der Waals surface area contributed by atoms with Crippen molar-refractivity contribution in [3.05, 3.63) is 35.3 Å². The second kappa shape index (κ2) is 6.13. The van der Waals surface area contributed by atoms with Crippen LogP contribution in [0.15, 0.2) is 30.3 Å². The van der Waals surface area contributed by atoms with Gasteiger partial charge in [0.1, 0.15) is 10.0 Å². The Hall–Kier alpha value is -1.75. The van der Waals surface area contributed by atoms with Gasteiger partial charge in [-0.2, -0.15) is 0 Å². The van der Waals surface area contributed by atoms with E-state index in [-0.39, 0.29) is 11.3 Å². The van der Waals surface area contributed by atoms with E-state index in [0.717, 1.165) is 15.6 Å². The SMILES string of the molecule is CC(C)(C)C(=O)NCCc1nnc(-c2ccccc2)s1. The minimum atomic E-state index is -0.351. The normalized spacial score (nSPS) is 11.3. The summed E-state index contributed by atoms with van der Waals surface area (Å²) in [5.41, 5.74) is 0.728. The molecule has 0 saturated heterocycles. The van der Waals surface area contributed by atoms with Crippen LogP contribution in [0.25, 0.3) is 10.6 Å². The topological polar surface area (TPSA) is 54.9 Å². The first-order valence-corrected chi connectivity index (χ1v) is 7.44. The lowest BCUT2D eigenvalue weighted by Crippen LogP contribution is -2.35. The van der Waals surface area contributed by atoms with Crippen molar-refractivity contribution in [1.29, 1.82) is 0 Å². The number of carbonyl (C=O) groups excluding carboxylic acids is 1. The van der Waals surface area contributed by atoms with E-state index < -0.39 is 0 Å². The smallest absolute Gasteiger partial charge is 0.225 e. The highest BCUT2D eigenvalue weighted by atomic mass is 32.1. The number of rotatable bonds is 4. The van der Waals surface area contributed by atoms with Gasteiger partial charge in [0.15, 0.2) is 0 Å². The third-order valence-electron chi connectivity index (χ3n) is 2.79. The van der Waals surface area contributed by atoms with E-state index in [1.54, 1.807) is 11.3 Å². The molecule has 0 aliphatic carbocycles. The van der Waals surface area contributed by atoms with Crippen LogP contribution >= 0.6 is 11.3 Å². The first-order valence-electron chi connectivity index (χ1n) is 6.63. The van der Waals surface area contributed by atoms with E-state index in [4.69, 9.17) is 0 Å². The van der Waals surface area contributed by atoms with Crippen molar-refractivity contribution >= 4 is 17.2 Å². The molecule has 2 aromatic rings. The summed E-state index contributed by atoms with van der Waals surface area (Å²) in [6.07, 6.45) is 0.715. The molecule has 1 N–H and O–H groups in total. The minimum Gasteiger partial charge on any atom is -0.355 e. The van der Waals surface area contributed by atoms with Gasteiger partial charge in [-0.1, -0.05) is 62.4 Å². The third kappa shape index (κ3) is 3.87. The van der Waals surface area contributed by atoms with Gasteiger partial charge in [-0.15, -0.1) is 10.2 Å². The molecule has 0 fully saturated rings. The Labute approximate surface area is 123 Å². The van der Waals surface area contributed by atoms with Crippen LogP contribution in [0.1, 0.15) is 25.8 Å². The summed E-state index contributed by atoms with van der Waals surface area (Å²) in [6.45, 7) is 6.31. The Kier molecular flexibility index (Phi) is 4.49. The predicted octanol–water partition coefficient (Wildman–Crippen LogP) is 2.91. The van der Waals surface area contributed by atoms with Gasteiger partial charge in [0.25, 0.3) is 0 Å². The molecule has 1 aromatic carbocycles. The first-order chi connectivity index (χ1) is 9.47. The molecule has 20 heavy (non-hydrogen) atoms. The van der Waals surface area contributed by atoms with Gasteiger partial charge in [0.05, 0.1) is 0 Å². The zero-order valence-electron chi connectivity index (χ0n) is 12.0. The lowest BCUT2D eigenvalue weighted by Gasteiger charge is -2.17. The fourth-order valence-electron chi connectivity index (χ4n) is 1.60. The Balaban J connectivity index is 1.90. The fraction of sp³-hybridized carbons (Fsp3) is 0.400. The molecular formula is C15H19N3OS. The highest BCUT2D eigenvalue weighted by Crippen LogP contribution is 2.23. The Morgan fingerprint density at radius 2 is 1.90 bits per heavy atom. The minimum absolute atomic E-state index is 0.0605. The molecule has 0 atom stereocenters. The van der Waals surface area contributed by atoms with Gasteiger partial charge in [0, 0.05) is 23.9 Å². The summed E-state index contributed by atoms with van der Waals surface area (Å²) in [5, 5.41) is 13.1. The highest BCUT2D eigenvalue weighted by molar-refractivity contribution is 7.14. The van der Waals surface area contributed by atoms with Gasteiger partial charge in [-0.05, 0) is 0 Å². The number of aromatic nitrogens is 2. The van der Waals surface area contributed by atoms with Crippen molar-refractivity contribution < 1.29 is 4.79 Å². The van der Waals surface area contributed by atoms with E-state index >= 15 is 0 Å². The maximum atomic E-state index is 11.7. The summed E-state index contributed by atoms with van der Waals surface area (Å²) in [6, 6.07) is 9.99. The fourth-order valence-corrected chi connectivity index (χ4v) is 2.44. The number of hydrogen-bond donors (Lipinski definition) is 1. The molecular weight excluding hydrogens is 270 g/mol. The number of carbonyl (C=O) groups is 1. The molecule has 0 bridgehead atoms. The van der Waals surface area contributed by atoms with E-state index in [0.29, 0.717) is 13.0 Å². The van der Waals surface area contributed by atoms with E-state index in [9.17, 15) is 4.79 Å². The molecule has 1 heterocycles. The molecule has 0 aliphatic rings. The molecule has 0 radical (unpaired) electrons. The van der Waals surface area contributed by atoms with Gasteiger partial charge in [-0.3, -0.25) is 4.79 Å². The molecule has 1 amide bonds. The number of benzene rings is 1. The Morgan fingerprint density at radius 3 is 2.55 bits per heavy atom. The molecule has 5 heteroatoms. The maximum absolute atomic E-state index is 11.7. The average Bonchev–Trinajstić information content (AvgIpc) is 2.87. The summed E-state index contributed by atoms with van der Waals surface area (Å²) in [7, 11) is 0. The summed E-state index contributed by atoms with van der Waals surface area (Å²) in [5.74, 6) is 0.0605. The first kappa shape index (κ1) is 14.7. The standard InChI is InChI=1S/C15H19N3OS/c1-15(2,3)14(19)16-10-9-12-17-18-13(20-12)11-7-5-4-6-8-11/h4-8H,9-10H2,1-3H3,(H,16,19). The highest BCUT2D eigenvalue weighted by Gasteiger charge is 2.20. The zero-order chi connectivity index (χ0) is 14.6. The average molecular weight is 289 g/mol. The quantitative estimate of drug-likeness (QED) is 0.941. The second-order valence-corrected chi connectivity index (χ2v) is 6.68. The second-order valence-electron chi connectivity index (χ2n) is 5.62. The van der Waals surface area contributed by atoms with Crippen LogP contribution in [0, 0.1) is 5.41 Å².